The van der Waals surface area contributed by atoms with Crippen molar-refractivity contribution in [1.82, 2.24) is 5.32 Å². The first-order chi connectivity index (χ1) is 12.6. The summed E-state index contributed by atoms with van der Waals surface area (Å²) in [6.07, 6.45) is 0.823. The van der Waals surface area contributed by atoms with Crippen LogP contribution in [0.2, 0.25) is 0 Å². The number of methoxy groups -OCH3 is 2. The molecule has 4 N–H and O–H groups in total. The maximum atomic E-state index is 13.1. The van der Waals surface area contributed by atoms with Gasteiger partial charge in [0.05, 0.1) is 20.8 Å². The Labute approximate surface area is 176 Å². The molecule has 2 aromatic carbocycles. The minimum absolute atomic E-state index is 0. The lowest BCUT2D eigenvalue weighted by Crippen LogP contribution is -2.33. The number of hydrogen-bond acceptors (Lipinski definition) is 4. The van der Waals surface area contributed by atoms with Crippen molar-refractivity contribution in [1.29, 1.82) is 0 Å². The molecule has 148 valence electrons. The summed E-state index contributed by atoms with van der Waals surface area (Å²) in [6.45, 7) is 1.82. The van der Waals surface area contributed by atoms with Crippen LogP contribution in [0.3, 0.4) is 0 Å². The van der Waals surface area contributed by atoms with E-state index in [1.54, 1.807) is 20.3 Å². The van der Waals surface area contributed by atoms with E-state index in [-0.39, 0.29) is 29.8 Å². The van der Waals surface area contributed by atoms with Gasteiger partial charge in [0.1, 0.15) is 5.82 Å². The molecule has 0 unspecified atom stereocenters. The molecule has 0 saturated carbocycles. The van der Waals surface area contributed by atoms with Crippen molar-refractivity contribution < 1.29 is 13.9 Å². The second kappa shape index (κ2) is 12.2. The number of halogens is 2. The molecule has 6 nitrogen and oxygen atoms in total. The molecule has 0 aromatic heterocycles. The molecule has 0 radical (unpaired) electrons. The fourth-order valence-electron chi connectivity index (χ4n) is 2.35. The van der Waals surface area contributed by atoms with Crippen LogP contribution in [-0.2, 0) is 6.54 Å². The van der Waals surface area contributed by atoms with Crippen molar-refractivity contribution >= 4 is 35.6 Å². The van der Waals surface area contributed by atoms with Crippen LogP contribution in [0.5, 0.6) is 11.5 Å². The van der Waals surface area contributed by atoms with Crippen molar-refractivity contribution in [2.24, 2.45) is 10.7 Å². The summed E-state index contributed by atoms with van der Waals surface area (Å²) in [5, 5.41) is 6.21. The van der Waals surface area contributed by atoms with Gasteiger partial charge in [0.2, 0.25) is 0 Å². The highest BCUT2D eigenvalue weighted by molar-refractivity contribution is 14.0. The molecule has 0 amide bonds. The summed E-state index contributed by atoms with van der Waals surface area (Å²) >= 11 is 0. The summed E-state index contributed by atoms with van der Waals surface area (Å²) in [5.41, 5.74) is 7.61. The van der Waals surface area contributed by atoms with E-state index in [1.165, 1.54) is 12.1 Å². The van der Waals surface area contributed by atoms with E-state index in [0.29, 0.717) is 37.1 Å². The largest absolute Gasteiger partial charge is 0.493 e. The van der Waals surface area contributed by atoms with E-state index in [1.807, 2.05) is 24.3 Å². The molecule has 0 saturated heterocycles. The molecule has 0 aliphatic rings. The summed E-state index contributed by atoms with van der Waals surface area (Å²) in [5.74, 6) is 1.47. The van der Waals surface area contributed by atoms with Crippen molar-refractivity contribution in [3.8, 4) is 11.5 Å². The normalized spacial score (nSPS) is 10.7. The Morgan fingerprint density at radius 2 is 1.85 bits per heavy atom. The molecule has 0 spiro atoms. The van der Waals surface area contributed by atoms with Crippen LogP contribution in [0.4, 0.5) is 10.1 Å². The molecule has 0 heterocycles. The van der Waals surface area contributed by atoms with Crippen LogP contribution < -0.4 is 25.8 Å². The highest BCUT2D eigenvalue weighted by Crippen LogP contribution is 2.27. The number of ether oxygens (including phenoxy) is 2. The molecule has 2 rings (SSSR count). The monoisotopic (exact) mass is 488 g/mol. The van der Waals surface area contributed by atoms with Crippen molar-refractivity contribution in [2.75, 3.05) is 32.6 Å². The second-order valence-electron chi connectivity index (χ2n) is 5.61. The van der Waals surface area contributed by atoms with Crippen molar-refractivity contribution in [3.05, 3.63) is 53.8 Å². The molecule has 27 heavy (non-hydrogen) atoms. The van der Waals surface area contributed by atoms with Gasteiger partial charge in [-0.25, -0.2) is 9.38 Å². The minimum atomic E-state index is -0.250. The Morgan fingerprint density at radius 1 is 1.07 bits per heavy atom. The van der Waals surface area contributed by atoms with Crippen molar-refractivity contribution in [2.45, 2.75) is 13.0 Å². The maximum Gasteiger partial charge on any atom is 0.188 e. The molecule has 0 aliphatic carbocycles. The summed E-state index contributed by atoms with van der Waals surface area (Å²) in [7, 11) is 3.19. The highest BCUT2D eigenvalue weighted by Gasteiger charge is 2.04. The lowest BCUT2D eigenvalue weighted by Gasteiger charge is -2.09. The maximum absolute atomic E-state index is 13.1. The third kappa shape index (κ3) is 7.90. The number of aliphatic imine (C=N–C) groups is 1. The van der Waals surface area contributed by atoms with Gasteiger partial charge in [0, 0.05) is 18.8 Å². The highest BCUT2D eigenvalue weighted by atomic mass is 127. The number of rotatable bonds is 9. The van der Waals surface area contributed by atoms with E-state index < -0.39 is 0 Å². The Morgan fingerprint density at radius 3 is 2.56 bits per heavy atom. The van der Waals surface area contributed by atoms with E-state index in [2.05, 4.69) is 15.6 Å². The van der Waals surface area contributed by atoms with Crippen LogP contribution in [0, 0.1) is 5.82 Å². The second-order valence-corrected chi connectivity index (χ2v) is 5.61. The van der Waals surface area contributed by atoms with E-state index >= 15 is 0 Å². The molecular formula is C19H26FIN4O2. The first-order valence-electron chi connectivity index (χ1n) is 8.36. The van der Waals surface area contributed by atoms with Crippen LogP contribution in [-0.4, -0.2) is 33.3 Å². The van der Waals surface area contributed by atoms with Gasteiger partial charge in [0.15, 0.2) is 17.5 Å². The van der Waals surface area contributed by atoms with Gasteiger partial charge in [0.25, 0.3) is 0 Å². The van der Waals surface area contributed by atoms with Gasteiger partial charge < -0.3 is 25.8 Å². The number of nitrogens with zero attached hydrogens (tertiary/aromatic N) is 1. The third-order valence-electron chi connectivity index (χ3n) is 3.69. The number of guanidine groups is 1. The molecule has 0 fully saturated rings. The average Bonchev–Trinajstić information content (AvgIpc) is 2.65. The third-order valence-corrected chi connectivity index (χ3v) is 3.69. The SMILES string of the molecule is COc1ccc(CN=C(N)NCCCNc2cccc(F)c2)cc1OC.I. The summed E-state index contributed by atoms with van der Waals surface area (Å²) in [6, 6.07) is 12.0. The van der Waals surface area contributed by atoms with Crippen LogP contribution in [0.1, 0.15) is 12.0 Å². The number of nitrogens with two attached hydrogens (primary N) is 1. The van der Waals surface area contributed by atoms with Crippen LogP contribution in [0.25, 0.3) is 0 Å². The molecule has 8 heteroatoms. The average molecular weight is 488 g/mol. The Kier molecular flexibility index (Phi) is 10.3. The summed E-state index contributed by atoms with van der Waals surface area (Å²) < 4.78 is 23.5. The zero-order chi connectivity index (χ0) is 18.8. The van der Waals surface area contributed by atoms with Gasteiger partial charge in [-0.2, -0.15) is 0 Å². The lowest BCUT2D eigenvalue weighted by molar-refractivity contribution is 0.354. The summed E-state index contributed by atoms with van der Waals surface area (Å²) in [4.78, 5) is 4.31. The zero-order valence-electron chi connectivity index (χ0n) is 15.5. The van der Waals surface area contributed by atoms with Gasteiger partial charge >= 0.3 is 0 Å². The smallest absolute Gasteiger partial charge is 0.188 e. The van der Waals surface area contributed by atoms with Gasteiger partial charge in [-0.05, 0) is 42.3 Å². The molecule has 0 bridgehead atoms. The minimum Gasteiger partial charge on any atom is -0.493 e. The van der Waals surface area contributed by atoms with E-state index in [4.69, 9.17) is 15.2 Å². The fraction of sp³-hybridized carbons (Fsp3) is 0.316. The van der Waals surface area contributed by atoms with Crippen LogP contribution >= 0.6 is 24.0 Å². The molecule has 2 aromatic rings. The van der Waals surface area contributed by atoms with Crippen LogP contribution in [0.15, 0.2) is 47.5 Å². The Hall–Kier alpha value is -2.23. The Bertz CT molecular complexity index is 743. The first kappa shape index (κ1) is 22.8. The Balaban J connectivity index is 0.00000364. The topological polar surface area (TPSA) is 80.9 Å². The van der Waals surface area contributed by atoms with Crippen molar-refractivity contribution in [3.63, 3.8) is 0 Å². The van der Waals surface area contributed by atoms with Gasteiger partial charge in [-0.15, -0.1) is 24.0 Å². The molecule has 0 aliphatic heterocycles. The van der Waals surface area contributed by atoms with Gasteiger partial charge in [-0.3, -0.25) is 0 Å². The van der Waals surface area contributed by atoms with E-state index in [0.717, 1.165) is 17.7 Å². The predicted octanol–water partition coefficient (Wildman–Crippen LogP) is 3.37. The van der Waals surface area contributed by atoms with Gasteiger partial charge in [-0.1, -0.05) is 12.1 Å². The molecular weight excluding hydrogens is 462 g/mol. The number of anilines is 1. The molecule has 0 atom stereocenters. The predicted molar refractivity (Wildman–Crippen MR) is 118 cm³/mol. The quantitative estimate of drug-likeness (QED) is 0.218. The number of benzene rings is 2. The lowest BCUT2D eigenvalue weighted by atomic mass is 10.2. The number of hydrogen-bond donors (Lipinski definition) is 3. The number of nitrogens with one attached hydrogen (secondary N) is 2. The van der Waals surface area contributed by atoms with E-state index in [9.17, 15) is 4.39 Å². The fourth-order valence-corrected chi connectivity index (χ4v) is 2.35. The first-order valence-corrected chi connectivity index (χ1v) is 8.36. The standard InChI is InChI=1S/C19H25FN4O2.HI/c1-25-17-8-7-14(11-18(17)26-2)13-24-19(21)23-10-4-9-22-16-6-3-5-15(20)12-16;/h3,5-8,11-12,22H,4,9-10,13H2,1-2H3,(H3,21,23,24);1H. The zero-order valence-corrected chi connectivity index (χ0v) is 17.8.